The predicted octanol–water partition coefficient (Wildman–Crippen LogP) is 14.2. The molecule has 1 unspecified atom stereocenters. The van der Waals surface area contributed by atoms with Gasteiger partial charge in [0.1, 0.15) is 6.61 Å². The van der Waals surface area contributed by atoms with Crippen LogP contribution < -0.4 is 0 Å². The molecule has 0 saturated heterocycles. The molecular weight excluding hydrogens is 645 g/mol. The van der Waals surface area contributed by atoms with E-state index < -0.39 is 6.10 Å². The Labute approximate surface area is 322 Å². The molecular formula is C47H82O5. The van der Waals surface area contributed by atoms with Crippen molar-refractivity contribution in [3.05, 3.63) is 60.8 Å². The summed E-state index contributed by atoms with van der Waals surface area (Å²) in [5.41, 5.74) is 0. The third-order valence-corrected chi connectivity index (χ3v) is 9.05. The molecule has 300 valence electrons. The summed E-state index contributed by atoms with van der Waals surface area (Å²) in [5.74, 6) is -0.497. The van der Waals surface area contributed by atoms with Crippen LogP contribution in [0.15, 0.2) is 60.8 Å². The average molecular weight is 727 g/mol. The van der Waals surface area contributed by atoms with Crippen molar-refractivity contribution in [3.63, 3.8) is 0 Å². The van der Waals surface area contributed by atoms with E-state index in [0.29, 0.717) is 25.9 Å². The highest BCUT2D eigenvalue weighted by Crippen LogP contribution is 2.13. The molecule has 0 aliphatic carbocycles. The van der Waals surface area contributed by atoms with Gasteiger partial charge in [0.25, 0.3) is 0 Å². The molecule has 0 N–H and O–H groups in total. The normalized spacial score (nSPS) is 12.8. The van der Waals surface area contributed by atoms with Gasteiger partial charge in [0, 0.05) is 19.4 Å². The SMILES string of the molecule is CC/C=C\C/C=C\C/C=C\C/C=C\CCC(=O)OCC(COCCCCCCCC/C=C\CCCCCC)OC(=O)CCCCCCCCCCC. The Balaban J connectivity index is 4.33. The van der Waals surface area contributed by atoms with Gasteiger partial charge in [-0.3, -0.25) is 9.59 Å². The summed E-state index contributed by atoms with van der Waals surface area (Å²) in [6.07, 6.45) is 52.3. The summed E-state index contributed by atoms with van der Waals surface area (Å²) in [6, 6.07) is 0. The van der Waals surface area contributed by atoms with Crippen molar-refractivity contribution in [3.8, 4) is 0 Å². The topological polar surface area (TPSA) is 61.8 Å². The molecule has 0 heterocycles. The van der Waals surface area contributed by atoms with Crippen molar-refractivity contribution in [1.29, 1.82) is 0 Å². The molecule has 5 heteroatoms. The van der Waals surface area contributed by atoms with Crippen molar-refractivity contribution in [2.75, 3.05) is 19.8 Å². The first-order valence-electron chi connectivity index (χ1n) is 21.8. The fraction of sp³-hybridized carbons (Fsp3) is 0.745. The quantitative estimate of drug-likeness (QED) is 0.0358. The van der Waals surface area contributed by atoms with Gasteiger partial charge in [-0.05, 0) is 70.6 Å². The molecule has 0 fully saturated rings. The zero-order chi connectivity index (χ0) is 37.8. The first kappa shape index (κ1) is 49.6. The average Bonchev–Trinajstić information content (AvgIpc) is 3.14. The van der Waals surface area contributed by atoms with Crippen LogP contribution in [0.3, 0.4) is 0 Å². The van der Waals surface area contributed by atoms with Crippen LogP contribution in [0, 0.1) is 0 Å². The Bertz CT molecular complexity index is 915. The Morgan fingerprint density at radius 3 is 1.48 bits per heavy atom. The highest BCUT2D eigenvalue weighted by Gasteiger charge is 2.17. The summed E-state index contributed by atoms with van der Waals surface area (Å²) < 4.78 is 17.2. The smallest absolute Gasteiger partial charge is 0.306 e. The number of allylic oxidation sites excluding steroid dienone is 10. The van der Waals surface area contributed by atoms with E-state index in [1.807, 2.05) is 6.08 Å². The van der Waals surface area contributed by atoms with E-state index in [-0.39, 0.29) is 25.2 Å². The molecule has 0 radical (unpaired) electrons. The fourth-order valence-electron chi connectivity index (χ4n) is 5.81. The number of hydrogen-bond donors (Lipinski definition) is 0. The van der Waals surface area contributed by atoms with Crippen molar-refractivity contribution >= 4 is 11.9 Å². The molecule has 0 aromatic carbocycles. The van der Waals surface area contributed by atoms with Crippen molar-refractivity contribution < 1.29 is 23.8 Å². The van der Waals surface area contributed by atoms with Gasteiger partial charge in [-0.15, -0.1) is 0 Å². The standard InChI is InChI=1S/C47H82O5/c1-4-7-10-13-16-19-21-23-25-27-30-33-36-39-42-50-43-45(52-47(49)41-38-35-32-28-18-15-12-9-6-3)44-51-46(48)40-37-34-31-29-26-24-22-20-17-14-11-8-5-2/h8,11,17,19-21,24,26,31,34,45H,4-7,9-10,12-16,18,22-23,25,27-30,32-33,35-44H2,1-3H3/b11-8-,20-17-,21-19-,26-24-,34-31-. The van der Waals surface area contributed by atoms with Gasteiger partial charge in [-0.25, -0.2) is 0 Å². The number of carbonyl (C=O) groups excluding carboxylic acids is 2. The molecule has 5 nitrogen and oxygen atoms in total. The van der Waals surface area contributed by atoms with E-state index in [9.17, 15) is 9.59 Å². The molecule has 0 bridgehead atoms. The lowest BCUT2D eigenvalue weighted by atomic mass is 10.1. The maximum atomic E-state index is 12.6. The maximum absolute atomic E-state index is 12.6. The van der Waals surface area contributed by atoms with Gasteiger partial charge < -0.3 is 14.2 Å². The van der Waals surface area contributed by atoms with E-state index >= 15 is 0 Å². The third-order valence-electron chi connectivity index (χ3n) is 9.05. The molecule has 0 rings (SSSR count). The summed E-state index contributed by atoms with van der Waals surface area (Å²) in [6.45, 7) is 7.59. The molecule has 0 aromatic rings. The lowest BCUT2D eigenvalue weighted by Crippen LogP contribution is -2.30. The summed E-state index contributed by atoms with van der Waals surface area (Å²) >= 11 is 0. The Morgan fingerprint density at radius 1 is 0.442 bits per heavy atom. The monoisotopic (exact) mass is 727 g/mol. The van der Waals surface area contributed by atoms with Crippen LogP contribution in [0.1, 0.15) is 201 Å². The zero-order valence-corrected chi connectivity index (χ0v) is 34.3. The minimum absolute atomic E-state index is 0.0454. The molecule has 0 aliphatic heterocycles. The summed E-state index contributed by atoms with van der Waals surface area (Å²) in [5, 5.41) is 0. The van der Waals surface area contributed by atoms with Crippen LogP contribution >= 0.6 is 0 Å². The van der Waals surface area contributed by atoms with Crippen LogP contribution in [0.2, 0.25) is 0 Å². The number of hydrogen-bond acceptors (Lipinski definition) is 5. The van der Waals surface area contributed by atoms with Crippen LogP contribution in [0.25, 0.3) is 0 Å². The van der Waals surface area contributed by atoms with Crippen molar-refractivity contribution in [2.45, 2.75) is 207 Å². The molecule has 0 aromatic heterocycles. The molecule has 0 amide bonds. The molecule has 52 heavy (non-hydrogen) atoms. The first-order valence-corrected chi connectivity index (χ1v) is 21.8. The minimum atomic E-state index is -0.563. The number of unbranched alkanes of at least 4 members (excludes halogenated alkanes) is 18. The molecule has 0 saturated carbocycles. The maximum Gasteiger partial charge on any atom is 0.306 e. The number of ether oxygens (including phenoxy) is 3. The van der Waals surface area contributed by atoms with Crippen LogP contribution in [0.5, 0.6) is 0 Å². The van der Waals surface area contributed by atoms with Crippen molar-refractivity contribution in [1.82, 2.24) is 0 Å². The highest BCUT2D eigenvalue weighted by molar-refractivity contribution is 5.70. The molecule has 0 aliphatic rings. The third kappa shape index (κ3) is 40.4. The fourth-order valence-corrected chi connectivity index (χ4v) is 5.81. The predicted molar refractivity (Wildman–Crippen MR) is 224 cm³/mol. The Morgan fingerprint density at radius 2 is 0.904 bits per heavy atom. The Kier molecular flexibility index (Phi) is 41.0. The van der Waals surface area contributed by atoms with E-state index in [4.69, 9.17) is 14.2 Å². The van der Waals surface area contributed by atoms with Gasteiger partial charge in [0.15, 0.2) is 6.10 Å². The second-order valence-corrected chi connectivity index (χ2v) is 14.2. The van der Waals surface area contributed by atoms with Crippen molar-refractivity contribution in [2.24, 2.45) is 0 Å². The first-order chi connectivity index (χ1) is 25.6. The van der Waals surface area contributed by atoms with E-state index in [1.165, 1.54) is 109 Å². The van der Waals surface area contributed by atoms with Crippen LogP contribution in [-0.2, 0) is 23.8 Å². The minimum Gasteiger partial charge on any atom is -0.462 e. The number of carbonyl (C=O) groups is 2. The largest absolute Gasteiger partial charge is 0.462 e. The second kappa shape index (κ2) is 43.0. The Hall–Kier alpha value is -2.40. The van der Waals surface area contributed by atoms with E-state index in [1.54, 1.807) is 0 Å². The lowest BCUT2D eigenvalue weighted by Gasteiger charge is -2.18. The van der Waals surface area contributed by atoms with Gasteiger partial charge >= 0.3 is 11.9 Å². The second-order valence-electron chi connectivity index (χ2n) is 14.2. The van der Waals surface area contributed by atoms with E-state index in [2.05, 4.69) is 75.5 Å². The number of esters is 2. The van der Waals surface area contributed by atoms with E-state index in [0.717, 1.165) is 51.4 Å². The van der Waals surface area contributed by atoms with Gasteiger partial charge in [0.05, 0.1) is 6.61 Å². The highest BCUT2D eigenvalue weighted by atomic mass is 16.6. The summed E-state index contributed by atoms with van der Waals surface area (Å²) in [4.78, 5) is 25.1. The van der Waals surface area contributed by atoms with Gasteiger partial charge in [-0.2, -0.15) is 0 Å². The van der Waals surface area contributed by atoms with Gasteiger partial charge in [0.2, 0.25) is 0 Å². The lowest BCUT2D eigenvalue weighted by molar-refractivity contribution is -0.162. The summed E-state index contributed by atoms with van der Waals surface area (Å²) in [7, 11) is 0. The molecule has 0 spiro atoms. The zero-order valence-electron chi connectivity index (χ0n) is 34.3. The number of rotatable bonds is 39. The molecule has 1 atom stereocenters. The van der Waals surface area contributed by atoms with Crippen LogP contribution in [-0.4, -0.2) is 37.9 Å². The van der Waals surface area contributed by atoms with Gasteiger partial charge in [-0.1, -0.05) is 178 Å². The van der Waals surface area contributed by atoms with Crippen LogP contribution in [0.4, 0.5) is 0 Å².